The molecule has 2 N–H and O–H groups in total. The number of hydrogen-bond donors (Lipinski definition) is 2. The van der Waals surface area contributed by atoms with Crippen molar-refractivity contribution in [2.75, 3.05) is 13.7 Å². The smallest absolute Gasteiger partial charge is 0.328 e. The first-order valence-electron chi connectivity index (χ1n) is 6.16. The molecule has 8 nitrogen and oxygen atoms in total. The van der Waals surface area contributed by atoms with Crippen LogP contribution in [-0.2, 0) is 20.9 Å². The number of rotatable bonds is 7. The van der Waals surface area contributed by atoms with Gasteiger partial charge >= 0.3 is 11.7 Å². The Kier molecular flexibility index (Phi) is 6.21. The Morgan fingerprint density at radius 2 is 2.10 bits per heavy atom. The molecule has 0 aliphatic heterocycles. The fraction of sp³-hybridized carbons (Fsp3) is 0.500. The maximum absolute atomic E-state index is 11.5. The molecule has 0 spiro atoms. The highest BCUT2D eigenvalue weighted by molar-refractivity contribution is 5.75. The number of carbonyl (C=O) groups excluding carboxylic acids is 2. The number of aromatic nitrogens is 2. The molecular weight excluding hydrogens is 266 g/mol. The first-order chi connectivity index (χ1) is 9.52. The fourth-order valence-corrected chi connectivity index (χ4v) is 1.49. The van der Waals surface area contributed by atoms with Crippen molar-refractivity contribution in [2.24, 2.45) is 0 Å². The van der Waals surface area contributed by atoms with E-state index in [9.17, 15) is 19.2 Å². The zero-order valence-corrected chi connectivity index (χ0v) is 11.2. The van der Waals surface area contributed by atoms with E-state index in [4.69, 9.17) is 0 Å². The van der Waals surface area contributed by atoms with Crippen LogP contribution in [0.4, 0.5) is 0 Å². The van der Waals surface area contributed by atoms with Crippen molar-refractivity contribution in [1.29, 1.82) is 0 Å². The summed E-state index contributed by atoms with van der Waals surface area (Å²) < 4.78 is 5.71. The number of ether oxygens (including phenoxy) is 1. The van der Waals surface area contributed by atoms with Crippen molar-refractivity contribution in [2.45, 2.75) is 25.8 Å². The molecule has 1 heterocycles. The van der Waals surface area contributed by atoms with E-state index in [1.807, 2.05) is 0 Å². The van der Waals surface area contributed by atoms with Gasteiger partial charge in [-0.25, -0.2) is 4.79 Å². The van der Waals surface area contributed by atoms with Crippen molar-refractivity contribution < 1.29 is 14.3 Å². The van der Waals surface area contributed by atoms with Crippen LogP contribution in [-0.4, -0.2) is 35.1 Å². The molecule has 0 saturated heterocycles. The number of methoxy groups -OCH3 is 1. The molecule has 0 unspecified atom stereocenters. The summed E-state index contributed by atoms with van der Waals surface area (Å²) in [5.74, 6) is -0.549. The number of H-pyrrole nitrogens is 1. The Morgan fingerprint density at radius 3 is 2.75 bits per heavy atom. The fourth-order valence-electron chi connectivity index (χ4n) is 1.49. The van der Waals surface area contributed by atoms with E-state index in [-0.39, 0.29) is 31.3 Å². The van der Waals surface area contributed by atoms with Gasteiger partial charge in [0.15, 0.2) is 0 Å². The minimum Gasteiger partial charge on any atom is -0.469 e. The van der Waals surface area contributed by atoms with Crippen LogP contribution in [0.3, 0.4) is 0 Å². The predicted molar refractivity (Wildman–Crippen MR) is 70.2 cm³/mol. The molecule has 0 aromatic carbocycles. The number of carbonyl (C=O) groups is 2. The highest BCUT2D eigenvalue weighted by Crippen LogP contribution is 1.91. The van der Waals surface area contributed by atoms with Crippen LogP contribution in [0.25, 0.3) is 0 Å². The van der Waals surface area contributed by atoms with Crippen LogP contribution < -0.4 is 16.6 Å². The lowest BCUT2D eigenvalue weighted by atomic mass is 10.3. The first kappa shape index (κ1) is 15.7. The van der Waals surface area contributed by atoms with Crippen LogP contribution in [0.5, 0.6) is 0 Å². The van der Waals surface area contributed by atoms with Crippen molar-refractivity contribution in [3.63, 3.8) is 0 Å². The Balaban J connectivity index is 2.28. The molecule has 0 fully saturated rings. The van der Waals surface area contributed by atoms with Crippen LogP contribution in [0, 0.1) is 0 Å². The number of esters is 1. The molecule has 0 saturated carbocycles. The summed E-state index contributed by atoms with van der Waals surface area (Å²) in [6, 6.07) is 1.22. The summed E-state index contributed by atoms with van der Waals surface area (Å²) in [6.07, 6.45) is 2.20. The largest absolute Gasteiger partial charge is 0.469 e. The maximum atomic E-state index is 11.5. The molecule has 0 aliphatic carbocycles. The summed E-state index contributed by atoms with van der Waals surface area (Å²) >= 11 is 0. The van der Waals surface area contributed by atoms with Gasteiger partial charge in [-0.2, -0.15) is 0 Å². The molecule has 0 aliphatic rings. The van der Waals surface area contributed by atoms with Crippen LogP contribution in [0.1, 0.15) is 19.3 Å². The minimum atomic E-state index is -0.545. The zero-order valence-electron chi connectivity index (χ0n) is 11.2. The predicted octanol–water partition coefficient (Wildman–Crippen LogP) is -1.00. The molecule has 20 heavy (non-hydrogen) atoms. The summed E-state index contributed by atoms with van der Waals surface area (Å²) in [4.78, 5) is 46.6. The minimum absolute atomic E-state index is 0.115. The highest BCUT2D eigenvalue weighted by Gasteiger charge is 2.04. The quantitative estimate of drug-likeness (QED) is 0.492. The average molecular weight is 283 g/mol. The molecular formula is C12H17N3O5. The molecule has 0 bridgehead atoms. The standard InChI is InChI=1S/C12H17N3O5/c1-20-11(18)3-2-6-13-9(16)4-7-15-8-5-10(17)14-12(15)19/h5,8H,2-4,6-7H2,1H3,(H,13,16)(H,14,17,19). The van der Waals surface area contributed by atoms with Crippen molar-refractivity contribution in [1.82, 2.24) is 14.9 Å². The summed E-state index contributed by atoms with van der Waals surface area (Å²) in [5.41, 5.74) is -1.02. The molecule has 1 aromatic heterocycles. The highest BCUT2D eigenvalue weighted by atomic mass is 16.5. The molecule has 0 radical (unpaired) electrons. The summed E-state index contributed by atoms with van der Waals surface area (Å²) in [5, 5.41) is 2.63. The van der Waals surface area contributed by atoms with E-state index in [2.05, 4.69) is 15.0 Å². The Morgan fingerprint density at radius 1 is 1.35 bits per heavy atom. The second-order valence-electron chi connectivity index (χ2n) is 4.08. The number of hydrogen-bond acceptors (Lipinski definition) is 5. The van der Waals surface area contributed by atoms with Gasteiger partial charge in [0.2, 0.25) is 5.91 Å². The van der Waals surface area contributed by atoms with Crippen molar-refractivity contribution in [3.8, 4) is 0 Å². The lowest BCUT2D eigenvalue weighted by Crippen LogP contribution is -2.31. The lowest BCUT2D eigenvalue weighted by Gasteiger charge is -2.06. The van der Waals surface area contributed by atoms with Gasteiger partial charge in [-0.3, -0.25) is 19.4 Å². The third-order valence-electron chi connectivity index (χ3n) is 2.58. The number of nitrogens with zero attached hydrogens (tertiary/aromatic N) is 1. The van der Waals surface area contributed by atoms with Crippen LogP contribution in [0.15, 0.2) is 21.9 Å². The molecule has 1 amide bonds. The number of nitrogens with one attached hydrogen (secondary N) is 2. The van der Waals surface area contributed by atoms with Gasteiger partial charge in [0.1, 0.15) is 0 Å². The van der Waals surface area contributed by atoms with Gasteiger partial charge in [0.05, 0.1) is 7.11 Å². The third kappa shape index (κ3) is 5.51. The molecule has 8 heteroatoms. The third-order valence-corrected chi connectivity index (χ3v) is 2.58. The van der Waals surface area contributed by atoms with Gasteiger partial charge < -0.3 is 14.6 Å². The first-order valence-corrected chi connectivity index (χ1v) is 6.16. The topological polar surface area (TPSA) is 110 Å². The molecule has 1 aromatic rings. The van der Waals surface area contributed by atoms with Crippen LogP contribution >= 0.6 is 0 Å². The van der Waals surface area contributed by atoms with Crippen molar-refractivity contribution in [3.05, 3.63) is 33.1 Å². The van der Waals surface area contributed by atoms with Crippen molar-refractivity contribution >= 4 is 11.9 Å². The second-order valence-corrected chi connectivity index (χ2v) is 4.08. The Bertz CT molecular complexity index is 575. The summed E-state index contributed by atoms with van der Waals surface area (Å²) in [7, 11) is 1.31. The number of amides is 1. The maximum Gasteiger partial charge on any atom is 0.328 e. The number of aromatic amines is 1. The van der Waals surface area contributed by atoms with Gasteiger partial charge in [0, 0.05) is 38.2 Å². The van der Waals surface area contributed by atoms with Gasteiger partial charge in [-0.1, -0.05) is 0 Å². The monoisotopic (exact) mass is 283 g/mol. The van der Waals surface area contributed by atoms with Gasteiger partial charge in [0.25, 0.3) is 5.56 Å². The van der Waals surface area contributed by atoms with E-state index in [1.165, 1.54) is 23.9 Å². The van der Waals surface area contributed by atoms with E-state index in [0.29, 0.717) is 13.0 Å². The van der Waals surface area contributed by atoms with Crippen LogP contribution in [0.2, 0.25) is 0 Å². The lowest BCUT2D eigenvalue weighted by molar-refractivity contribution is -0.140. The SMILES string of the molecule is COC(=O)CCCNC(=O)CCn1ccc(=O)[nH]c1=O. The second kappa shape index (κ2) is 7.93. The Labute approximate surface area is 114 Å². The van der Waals surface area contributed by atoms with E-state index >= 15 is 0 Å². The Hall–Kier alpha value is -2.38. The van der Waals surface area contributed by atoms with Gasteiger partial charge in [-0.15, -0.1) is 0 Å². The van der Waals surface area contributed by atoms with Gasteiger partial charge in [-0.05, 0) is 6.42 Å². The molecule has 0 atom stereocenters. The zero-order chi connectivity index (χ0) is 15.0. The molecule has 1 rings (SSSR count). The normalized spacial score (nSPS) is 10.1. The van der Waals surface area contributed by atoms with E-state index in [1.54, 1.807) is 0 Å². The van der Waals surface area contributed by atoms with E-state index < -0.39 is 11.2 Å². The average Bonchev–Trinajstić information content (AvgIpc) is 2.42. The number of aryl methyl sites for hydroxylation is 1. The summed E-state index contributed by atoms with van der Waals surface area (Å²) in [6.45, 7) is 0.549. The molecule has 110 valence electrons. The van der Waals surface area contributed by atoms with E-state index in [0.717, 1.165) is 0 Å².